The van der Waals surface area contributed by atoms with Gasteiger partial charge in [-0.05, 0) is 41.7 Å². The number of rotatable bonds is 5. The summed E-state index contributed by atoms with van der Waals surface area (Å²) in [5.41, 5.74) is 5.45. The molecule has 0 fully saturated rings. The minimum absolute atomic E-state index is 0.399. The number of hydrogen-bond donors (Lipinski definition) is 1. The lowest BCUT2D eigenvalue weighted by atomic mass is 10.00. The molecule has 3 rings (SSSR count). The summed E-state index contributed by atoms with van der Waals surface area (Å²) >= 11 is 0. The quantitative estimate of drug-likeness (QED) is 0.888. The molecule has 0 amide bonds. The smallest absolute Gasteiger partial charge is 0.122 e. The highest BCUT2D eigenvalue weighted by molar-refractivity contribution is 5.40. The molecule has 2 aromatic rings. The number of nitrogens with one attached hydrogen (secondary N) is 1. The molecule has 0 radical (unpaired) electrons. The Morgan fingerprint density at radius 1 is 1.19 bits per heavy atom. The van der Waals surface area contributed by atoms with Crippen molar-refractivity contribution >= 4 is 0 Å². The zero-order chi connectivity index (χ0) is 14.7. The lowest BCUT2D eigenvalue weighted by Crippen LogP contribution is -2.20. The summed E-state index contributed by atoms with van der Waals surface area (Å²) in [5.74, 6) is 1.06. The first-order chi connectivity index (χ1) is 10.3. The molecule has 2 aromatic carbocycles. The van der Waals surface area contributed by atoms with E-state index >= 15 is 0 Å². The summed E-state index contributed by atoms with van der Waals surface area (Å²) in [4.78, 5) is 0. The van der Waals surface area contributed by atoms with Crippen molar-refractivity contribution in [1.29, 1.82) is 0 Å². The van der Waals surface area contributed by atoms with E-state index in [9.17, 15) is 0 Å². The van der Waals surface area contributed by atoms with Crippen LogP contribution in [0.25, 0.3) is 0 Å². The molecule has 0 saturated heterocycles. The van der Waals surface area contributed by atoms with Crippen molar-refractivity contribution < 1.29 is 4.74 Å². The van der Waals surface area contributed by atoms with E-state index in [1.54, 1.807) is 0 Å². The Morgan fingerprint density at radius 2 is 2.05 bits per heavy atom. The second-order valence-electron chi connectivity index (χ2n) is 5.73. The SMILES string of the molecule is CCC(NCc1ccccc1C)c1ccc2c(c1)CCO2. The van der Waals surface area contributed by atoms with Gasteiger partial charge in [0.05, 0.1) is 6.61 Å². The van der Waals surface area contributed by atoms with Crippen LogP contribution < -0.4 is 10.1 Å². The van der Waals surface area contributed by atoms with Crippen molar-refractivity contribution in [2.45, 2.75) is 39.3 Å². The van der Waals surface area contributed by atoms with Crippen molar-refractivity contribution in [2.24, 2.45) is 0 Å². The third-order valence-electron chi connectivity index (χ3n) is 4.32. The van der Waals surface area contributed by atoms with Gasteiger partial charge in [0, 0.05) is 19.0 Å². The molecular formula is C19H23NO. The number of benzene rings is 2. The average molecular weight is 281 g/mol. The molecule has 1 N–H and O–H groups in total. The first-order valence-electron chi connectivity index (χ1n) is 7.81. The summed E-state index contributed by atoms with van der Waals surface area (Å²) < 4.78 is 5.59. The molecule has 110 valence electrons. The molecule has 21 heavy (non-hydrogen) atoms. The van der Waals surface area contributed by atoms with Gasteiger partial charge < -0.3 is 10.1 Å². The fourth-order valence-corrected chi connectivity index (χ4v) is 2.96. The molecule has 2 heteroatoms. The van der Waals surface area contributed by atoms with Crippen LogP contribution in [0.4, 0.5) is 0 Å². The summed E-state index contributed by atoms with van der Waals surface area (Å²) in [6, 6.07) is 15.6. The van der Waals surface area contributed by atoms with Crippen molar-refractivity contribution in [3.8, 4) is 5.75 Å². The van der Waals surface area contributed by atoms with Crippen LogP contribution in [0.3, 0.4) is 0 Å². The maximum Gasteiger partial charge on any atom is 0.122 e. The Balaban J connectivity index is 1.72. The Kier molecular flexibility index (Phi) is 4.26. The molecule has 1 aliphatic rings. The molecule has 1 unspecified atom stereocenters. The van der Waals surface area contributed by atoms with Crippen molar-refractivity contribution in [1.82, 2.24) is 5.32 Å². The highest BCUT2D eigenvalue weighted by Gasteiger charge is 2.15. The molecule has 2 nitrogen and oxygen atoms in total. The van der Waals surface area contributed by atoms with Crippen LogP contribution in [-0.2, 0) is 13.0 Å². The minimum atomic E-state index is 0.399. The van der Waals surface area contributed by atoms with Crippen LogP contribution in [0.1, 0.15) is 41.6 Å². The number of ether oxygens (including phenoxy) is 1. The molecule has 1 atom stereocenters. The molecule has 0 aliphatic carbocycles. The van der Waals surface area contributed by atoms with Crippen molar-refractivity contribution in [3.05, 3.63) is 64.7 Å². The third-order valence-corrected chi connectivity index (χ3v) is 4.32. The van der Waals surface area contributed by atoms with Crippen LogP contribution >= 0.6 is 0 Å². The fourth-order valence-electron chi connectivity index (χ4n) is 2.96. The van der Waals surface area contributed by atoms with Gasteiger partial charge in [-0.3, -0.25) is 0 Å². The summed E-state index contributed by atoms with van der Waals surface area (Å²) in [6.45, 7) is 6.15. The first-order valence-corrected chi connectivity index (χ1v) is 7.81. The topological polar surface area (TPSA) is 21.3 Å². The molecular weight excluding hydrogens is 258 g/mol. The summed E-state index contributed by atoms with van der Waals surface area (Å²) in [6.07, 6.45) is 2.13. The van der Waals surface area contributed by atoms with Gasteiger partial charge in [-0.2, -0.15) is 0 Å². The van der Waals surface area contributed by atoms with E-state index in [0.717, 1.165) is 31.7 Å². The molecule has 1 aliphatic heterocycles. The van der Waals surface area contributed by atoms with Crippen molar-refractivity contribution in [2.75, 3.05) is 6.61 Å². The second kappa shape index (κ2) is 6.31. The first kappa shape index (κ1) is 14.2. The van der Waals surface area contributed by atoms with Gasteiger partial charge in [-0.25, -0.2) is 0 Å². The Bertz CT molecular complexity index is 621. The predicted octanol–water partition coefficient (Wildman–Crippen LogP) is 4.17. The normalized spacial score (nSPS) is 14.6. The maximum atomic E-state index is 5.59. The van der Waals surface area contributed by atoms with Gasteiger partial charge in [-0.15, -0.1) is 0 Å². The zero-order valence-corrected chi connectivity index (χ0v) is 12.9. The van der Waals surface area contributed by atoms with E-state index in [-0.39, 0.29) is 0 Å². The van der Waals surface area contributed by atoms with Gasteiger partial charge >= 0.3 is 0 Å². The molecule has 0 saturated carbocycles. The number of aryl methyl sites for hydroxylation is 1. The predicted molar refractivity (Wildman–Crippen MR) is 86.7 cm³/mol. The summed E-state index contributed by atoms with van der Waals surface area (Å²) in [5, 5.41) is 3.69. The third kappa shape index (κ3) is 3.11. The van der Waals surface area contributed by atoms with Gasteiger partial charge in [0.25, 0.3) is 0 Å². The minimum Gasteiger partial charge on any atom is -0.493 e. The van der Waals surface area contributed by atoms with E-state index in [2.05, 4.69) is 61.6 Å². The van der Waals surface area contributed by atoms with Crippen LogP contribution in [0, 0.1) is 6.92 Å². The largest absolute Gasteiger partial charge is 0.493 e. The van der Waals surface area contributed by atoms with Gasteiger partial charge in [0.2, 0.25) is 0 Å². The van der Waals surface area contributed by atoms with Crippen LogP contribution in [0.5, 0.6) is 5.75 Å². The average Bonchev–Trinajstić information content (AvgIpc) is 2.97. The summed E-state index contributed by atoms with van der Waals surface area (Å²) in [7, 11) is 0. The van der Waals surface area contributed by atoms with E-state index in [4.69, 9.17) is 4.74 Å². The van der Waals surface area contributed by atoms with Crippen LogP contribution in [0.15, 0.2) is 42.5 Å². The molecule has 0 bridgehead atoms. The van der Waals surface area contributed by atoms with E-state index < -0.39 is 0 Å². The van der Waals surface area contributed by atoms with Crippen LogP contribution in [-0.4, -0.2) is 6.61 Å². The Labute approximate surface area is 127 Å². The number of hydrogen-bond acceptors (Lipinski definition) is 2. The zero-order valence-electron chi connectivity index (χ0n) is 12.9. The highest BCUT2D eigenvalue weighted by atomic mass is 16.5. The van der Waals surface area contributed by atoms with Gasteiger partial charge in [-0.1, -0.05) is 43.3 Å². The van der Waals surface area contributed by atoms with Gasteiger partial charge in [0.1, 0.15) is 5.75 Å². The monoisotopic (exact) mass is 281 g/mol. The van der Waals surface area contributed by atoms with Gasteiger partial charge in [0.15, 0.2) is 0 Å². The Hall–Kier alpha value is -1.80. The number of fused-ring (bicyclic) bond motifs is 1. The fraction of sp³-hybridized carbons (Fsp3) is 0.368. The maximum absolute atomic E-state index is 5.59. The Morgan fingerprint density at radius 3 is 2.86 bits per heavy atom. The lowest BCUT2D eigenvalue weighted by molar-refractivity contribution is 0.356. The van der Waals surface area contributed by atoms with E-state index in [1.807, 2.05) is 0 Å². The molecule has 0 spiro atoms. The van der Waals surface area contributed by atoms with Crippen LogP contribution in [0.2, 0.25) is 0 Å². The molecule has 1 heterocycles. The lowest BCUT2D eigenvalue weighted by Gasteiger charge is -2.19. The van der Waals surface area contributed by atoms with E-state index in [1.165, 1.54) is 22.3 Å². The van der Waals surface area contributed by atoms with E-state index in [0.29, 0.717) is 6.04 Å². The second-order valence-corrected chi connectivity index (χ2v) is 5.73. The van der Waals surface area contributed by atoms with Crippen molar-refractivity contribution in [3.63, 3.8) is 0 Å². The highest BCUT2D eigenvalue weighted by Crippen LogP contribution is 2.29. The molecule has 0 aromatic heterocycles. The standard InChI is InChI=1S/C19H23NO/c1-3-18(20-13-17-7-5-4-6-14(17)2)15-8-9-19-16(12-15)10-11-21-19/h4-9,12,18,20H,3,10-11,13H2,1-2H3.